The molecule has 1 amide bonds. The molecule has 0 saturated carbocycles. The van der Waals surface area contributed by atoms with E-state index in [-0.39, 0.29) is 18.2 Å². The van der Waals surface area contributed by atoms with E-state index in [1.54, 1.807) is 4.90 Å². The molecule has 0 aliphatic rings. The van der Waals surface area contributed by atoms with Gasteiger partial charge in [0.05, 0.1) is 6.04 Å². The molecule has 21 heavy (non-hydrogen) atoms. The number of aliphatic carboxylic acids is 1. The van der Waals surface area contributed by atoms with E-state index >= 15 is 0 Å². The van der Waals surface area contributed by atoms with Gasteiger partial charge < -0.3 is 15.7 Å². The van der Waals surface area contributed by atoms with Crippen molar-refractivity contribution in [1.29, 1.82) is 0 Å². The maximum atomic E-state index is 12.6. The first-order valence-corrected chi connectivity index (χ1v) is 7.31. The lowest BCUT2D eigenvalue weighted by molar-refractivity contribution is -0.137. The van der Waals surface area contributed by atoms with Crippen LogP contribution in [0.25, 0.3) is 0 Å². The molecule has 0 bridgehead atoms. The number of anilines is 1. The highest BCUT2D eigenvalue weighted by atomic mass is 16.4. The summed E-state index contributed by atoms with van der Waals surface area (Å²) in [5, 5.41) is 8.74. The molecular weight excluding hydrogens is 268 g/mol. The number of benzene rings is 1. The molecule has 0 aliphatic carbocycles. The minimum absolute atomic E-state index is 0.0369. The van der Waals surface area contributed by atoms with Gasteiger partial charge in [-0.2, -0.15) is 0 Å². The van der Waals surface area contributed by atoms with Crippen molar-refractivity contribution in [2.75, 3.05) is 11.4 Å². The summed E-state index contributed by atoms with van der Waals surface area (Å²) in [5.74, 6) is -0.925. The third-order valence-electron chi connectivity index (χ3n) is 3.65. The minimum Gasteiger partial charge on any atom is -0.481 e. The Morgan fingerprint density at radius 1 is 1.29 bits per heavy atom. The Kier molecular flexibility index (Phi) is 6.88. The molecule has 3 N–H and O–H groups in total. The Labute approximate surface area is 125 Å². The van der Waals surface area contributed by atoms with Crippen LogP contribution in [0.4, 0.5) is 5.69 Å². The fraction of sp³-hybridized carbons (Fsp3) is 0.500. The Bertz CT molecular complexity index is 462. The summed E-state index contributed by atoms with van der Waals surface area (Å²) >= 11 is 0. The molecule has 1 aromatic carbocycles. The number of nitrogens with zero attached hydrogens (tertiary/aromatic N) is 1. The Morgan fingerprint density at radius 2 is 1.90 bits per heavy atom. The molecule has 116 valence electrons. The van der Waals surface area contributed by atoms with Gasteiger partial charge in [-0.25, -0.2) is 0 Å². The SMILES string of the molecule is CCC(C)[C@H](N)C(=O)N(CCCC(=O)O)c1ccccc1. The highest BCUT2D eigenvalue weighted by Gasteiger charge is 2.25. The lowest BCUT2D eigenvalue weighted by atomic mass is 9.98. The maximum absolute atomic E-state index is 12.6. The first-order valence-electron chi connectivity index (χ1n) is 7.31. The van der Waals surface area contributed by atoms with Gasteiger partial charge in [0.1, 0.15) is 0 Å². The van der Waals surface area contributed by atoms with Gasteiger partial charge >= 0.3 is 5.97 Å². The van der Waals surface area contributed by atoms with Gasteiger partial charge in [0, 0.05) is 18.7 Å². The third kappa shape index (κ3) is 5.19. The Hall–Kier alpha value is -1.88. The largest absolute Gasteiger partial charge is 0.481 e. The molecule has 5 nitrogen and oxygen atoms in total. The third-order valence-corrected chi connectivity index (χ3v) is 3.65. The number of nitrogens with two attached hydrogens (primary N) is 1. The topological polar surface area (TPSA) is 83.6 Å². The van der Waals surface area contributed by atoms with Gasteiger partial charge in [-0.05, 0) is 24.5 Å². The van der Waals surface area contributed by atoms with Gasteiger partial charge in [-0.1, -0.05) is 38.5 Å². The van der Waals surface area contributed by atoms with E-state index in [0.717, 1.165) is 12.1 Å². The summed E-state index contributed by atoms with van der Waals surface area (Å²) < 4.78 is 0. The van der Waals surface area contributed by atoms with Crippen LogP contribution < -0.4 is 10.6 Å². The number of carbonyl (C=O) groups excluding carboxylic acids is 1. The molecule has 0 spiro atoms. The van der Waals surface area contributed by atoms with Crippen LogP contribution in [0.2, 0.25) is 0 Å². The quantitative estimate of drug-likeness (QED) is 0.769. The fourth-order valence-corrected chi connectivity index (χ4v) is 2.04. The fourth-order valence-electron chi connectivity index (χ4n) is 2.04. The van der Waals surface area contributed by atoms with Gasteiger partial charge in [0.25, 0.3) is 0 Å². The van der Waals surface area contributed by atoms with Crippen LogP contribution in [0.3, 0.4) is 0 Å². The second-order valence-corrected chi connectivity index (χ2v) is 5.23. The highest BCUT2D eigenvalue weighted by Crippen LogP contribution is 2.18. The summed E-state index contributed by atoms with van der Waals surface area (Å²) in [6.45, 7) is 4.30. The second-order valence-electron chi connectivity index (χ2n) is 5.23. The molecule has 0 aliphatic heterocycles. The molecule has 1 rings (SSSR count). The monoisotopic (exact) mass is 292 g/mol. The number of amides is 1. The average molecular weight is 292 g/mol. The summed E-state index contributed by atoms with van der Waals surface area (Å²) in [6, 6.07) is 8.67. The van der Waals surface area contributed by atoms with Crippen molar-refractivity contribution in [1.82, 2.24) is 0 Å². The number of carboxylic acids is 1. The van der Waals surface area contributed by atoms with Crippen LogP contribution >= 0.6 is 0 Å². The van der Waals surface area contributed by atoms with Crippen molar-refractivity contribution in [3.63, 3.8) is 0 Å². The van der Waals surface area contributed by atoms with Crippen LogP contribution in [-0.4, -0.2) is 29.6 Å². The smallest absolute Gasteiger partial charge is 0.303 e. The molecule has 1 aromatic rings. The van der Waals surface area contributed by atoms with E-state index in [1.807, 2.05) is 44.2 Å². The summed E-state index contributed by atoms with van der Waals surface area (Å²) in [4.78, 5) is 24.8. The van der Waals surface area contributed by atoms with Crippen LogP contribution in [0.1, 0.15) is 33.1 Å². The lowest BCUT2D eigenvalue weighted by Gasteiger charge is -2.28. The van der Waals surface area contributed by atoms with E-state index in [9.17, 15) is 9.59 Å². The van der Waals surface area contributed by atoms with Crippen molar-refractivity contribution < 1.29 is 14.7 Å². The van der Waals surface area contributed by atoms with E-state index in [0.29, 0.717) is 13.0 Å². The molecule has 0 aromatic heterocycles. The predicted octanol–water partition coefficient (Wildman–Crippen LogP) is 2.26. The molecule has 5 heteroatoms. The Balaban J connectivity index is 2.86. The number of carboxylic acid groups (broad SMARTS) is 1. The van der Waals surface area contributed by atoms with Crippen molar-refractivity contribution in [3.05, 3.63) is 30.3 Å². The van der Waals surface area contributed by atoms with Crippen LogP contribution in [0.15, 0.2) is 30.3 Å². The zero-order valence-corrected chi connectivity index (χ0v) is 12.7. The van der Waals surface area contributed by atoms with Crippen molar-refractivity contribution in [2.45, 2.75) is 39.2 Å². The highest BCUT2D eigenvalue weighted by molar-refractivity contribution is 5.97. The number of hydrogen-bond donors (Lipinski definition) is 2. The molecule has 2 atom stereocenters. The zero-order valence-electron chi connectivity index (χ0n) is 12.7. The molecule has 0 saturated heterocycles. The maximum Gasteiger partial charge on any atom is 0.303 e. The summed E-state index contributed by atoms with van der Waals surface area (Å²) in [5.41, 5.74) is 6.79. The van der Waals surface area contributed by atoms with E-state index in [4.69, 9.17) is 10.8 Å². The minimum atomic E-state index is -0.860. The number of carbonyl (C=O) groups is 2. The molecule has 0 heterocycles. The normalized spacial score (nSPS) is 13.5. The van der Waals surface area contributed by atoms with E-state index in [1.165, 1.54) is 0 Å². The average Bonchev–Trinajstić information content (AvgIpc) is 2.50. The second kappa shape index (κ2) is 8.42. The van der Waals surface area contributed by atoms with Crippen molar-refractivity contribution in [2.24, 2.45) is 11.7 Å². The molecule has 1 unspecified atom stereocenters. The predicted molar refractivity (Wildman–Crippen MR) is 83.1 cm³/mol. The van der Waals surface area contributed by atoms with Gasteiger partial charge in [-0.15, -0.1) is 0 Å². The number of para-hydroxylation sites is 1. The zero-order chi connectivity index (χ0) is 15.8. The number of hydrogen-bond acceptors (Lipinski definition) is 3. The van der Waals surface area contributed by atoms with Gasteiger partial charge in [-0.3, -0.25) is 9.59 Å². The van der Waals surface area contributed by atoms with E-state index < -0.39 is 12.0 Å². The number of rotatable bonds is 8. The summed E-state index contributed by atoms with van der Waals surface area (Å²) in [6.07, 6.45) is 1.27. The standard InChI is InChI=1S/C16H24N2O3/c1-3-12(2)15(17)16(21)18(11-7-10-14(19)20)13-8-5-4-6-9-13/h4-6,8-9,12,15H,3,7,10-11,17H2,1-2H3,(H,19,20)/t12?,15-/m0/s1. The lowest BCUT2D eigenvalue weighted by Crippen LogP contribution is -2.47. The first-order chi connectivity index (χ1) is 9.97. The van der Waals surface area contributed by atoms with E-state index in [2.05, 4.69) is 0 Å². The van der Waals surface area contributed by atoms with Crippen molar-refractivity contribution >= 4 is 17.6 Å². The van der Waals surface area contributed by atoms with Crippen LogP contribution in [0, 0.1) is 5.92 Å². The molecule has 0 radical (unpaired) electrons. The molecular formula is C16H24N2O3. The van der Waals surface area contributed by atoms with Crippen molar-refractivity contribution in [3.8, 4) is 0 Å². The summed E-state index contributed by atoms with van der Waals surface area (Å²) in [7, 11) is 0. The Morgan fingerprint density at radius 3 is 2.43 bits per heavy atom. The van der Waals surface area contributed by atoms with Crippen LogP contribution in [-0.2, 0) is 9.59 Å². The van der Waals surface area contributed by atoms with Crippen LogP contribution in [0.5, 0.6) is 0 Å². The molecule has 0 fully saturated rings. The van der Waals surface area contributed by atoms with Gasteiger partial charge in [0.2, 0.25) is 5.91 Å². The first kappa shape index (κ1) is 17.2. The van der Waals surface area contributed by atoms with Gasteiger partial charge in [0.15, 0.2) is 0 Å².